The van der Waals surface area contributed by atoms with Crippen LogP contribution in [0.4, 0.5) is 0 Å². The Hall–Kier alpha value is -1.14. The maximum Gasteiger partial charge on any atom is 0.244 e. The highest BCUT2D eigenvalue weighted by Gasteiger charge is 2.15. The van der Waals surface area contributed by atoms with Gasteiger partial charge in [0.1, 0.15) is 0 Å². The standard InChI is InChI=1S/C17H34N4O2/c1-2-3-4-5-6-7-8-9-16-19-13-15-21(16)14-12-18-11-10-17(22)20-23/h18,23H,2-15H2,1H3,(H,20,22). The van der Waals surface area contributed by atoms with Crippen molar-refractivity contribution in [1.29, 1.82) is 0 Å². The minimum Gasteiger partial charge on any atom is -0.357 e. The highest BCUT2D eigenvalue weighted by Crippen LogP contribution is 2.12. The summed E-state index contributed by atoms with van der Waals surface area (Å²) in [5.74, 6) is 0.910. The summed E-state index contributed by atoms with van der Waals surface area (Å²) in [5.41, 5.74) is 1.64. The largest absolute Gasteiger partial charge is 0.357 e. The molecule has 3 N–H and O–H groups in total. The molecule has 1 heterocycles. The van der Waals surface area contributed by atoms with Crippen molar-refractivity contribution < 1.29 is 10.0 Å². The van der Waals surface area contributed by atoms with Crippen molar-refractivity contribution in [3.8, 4) is 0 Å². The molecule has 1 aliphatic heterocycles. The first kappa shape index (κ1) is 19.9. The zero-order chi connectivity index (χ0) is 16.8. The first-order chi connectivity index (χ1) is 11.3. The molecule has 0 aromatic carbocycles. The second kappa shape index (κ2) is 13.3. The molecule has 0 atom stereocenters. The van der Waals surface area contributed by atoms with Gasteiger partial charge in [-0.05, 0) is 6.42 Å². The second-order valence-corrected chi connectivity index (χ2v) is 6.19. The van der Waals surface area contributed by atoms with Crippen molar-refractivity contribution in [1.82, 2.24) is 15.7 Å². The lowest BCUT2D eigenvalue weighted by molar-refractivity contribution is -0.129. The smallest absolute Gasteiger partial charge is 0.244 e. The molecule has 0 aromatic heterocycles. The van der Waals surface area contributed by atoms with Gasteiger partial charge in [0.25, 0.3) is 0 Å². The molecule has 0 saturated heterocycles. The van der Waals surface area contributed by atoms with Crippen molar-refractivity contribution in [2.24, 2.45) is 4.99 Å². The number of nitrogens with one attached hydrogen (secondary N) is 2. The zero-order valence-electron chi connectivity index (χ0n) is 14.6. The van der Waals surface area contributed by atoms with Crippen molar-refractivity contribution in [3.05, 3.63) is 0 Å². The van der Waals surface area contributed by atoms with Gasteiger partial charge in [-0.3, -0.25) is 15.0 Å². The maximum absolute atomic E-state index is 10.9. The first-order valence-electron chi connectivity index (χ1n) is 9.19. The maximum atomic E-state index is 10.9. The number of nitrogens with zero attached hydrogens (tertiary/aromatic N) is 2. The molecule has 0 aliphatic carbocycles. The van der Waals surface area contributed by atoms with Gasteiger partial charge in [0.05, 0.1) is 12.4 Å². The summed E-state index contributed by atoms with van der Waals surface area (Å²) in [4.78, 5) is 17.9. The molecular formula is C17H34N4O2. The van der Waals surface area contributed by atoms with Crippen LogP contribution in [0.25, 0.3) is 0 Å². The number of hydrogen-bond donors (Lipinski definition) is 3. The van der Waals surface area contributed by atoms with Crippen LogP contribution in [0.3, 0.4) is 0 Å². The summed E-state index contributed by atoms with van der Waals surface area (Å²) in [6, 6.07) is 0. The lowest BCUT2D eigenvalue weighted by Gasteiger charge is -2.20. The summed E-state index contributed by atoms with van der Waals surface area (Å²) in [5, 5.41) is 11.6. The Morgan fingerprint density at radius 2 is 1.91 bits per heavy atom. The molecule has 0 bridgehead atoms. The summed E-state index contributed by atoms with van der Waals surface area (Å²) in [6.45, 7) is 6.56. The van der Waals surface area contributed by atoms with Crippen LogP contribution in [-0.2, 0) is 4.79 Å². The van der Waals surface area contributed by atoms with Crippen LogP contribution in [0.5, 0.6) is 0 Å². The third-order valence-electron chi connectivity index (χ3n) is 4.25. The van der Waals surface area contributed by atoms with Gasteiger partial charge in [0.2, 0.25) is 5.91 Å². The fraction of sp³-hybridized carbons (Fsp3) is 0.882. The molecule has 1 amide bonds. The van der Waals surface area contributed by atoms with Crippen LogP contribution in [-0.4, -0.2) is 54.6 Å². The average molecular weight is 326 g/mol. The summed E-state index contributed by atoms with van der Waals surface area (Å²) < 4.78 is 0. The summed E-state index contributed by atoms with van der Waals surface area (Å²) in [7, 11) is 0. The molecule has 6 nitrogen and oxygen atoms in total. The van der Waals surface area contributed by atoms with Crippen molar-refractivity contribution in [3.63, 3.8) is 0 Å². The van der Waals surface area contributed by atoms with Crippen molar-refractivity contribution in [2.45, 2.75) is 64.7 Å². The number of unbranched alkanes of at least 4 members (excludes halogenated alkanes) is 6. The monoisotopic (exact) mass is 326 g/mol. The van der Waals surface area contributed by atoms with E-state index in [1.54, 1.807) is 5.48 Å². The number of amidine groups is 1. The van der Waals surface area contributed by atoms with Gasteiger partial charge in [-0.15, -0.1) is 0 Å². The molecule has 6 heteroatoms. The predicted octanol–water partition coefficient (Wildman–Crippen LogP) is 2.33. The summed E-state index contributed by atoms with van der Waals surface area (Å²) in [6.07, 6.45) is 10.7. The molecule has 0 fully saturated rings. The number of hydroxylamine groups is 1. The molecule has 0 spiro atoms. The highest BCUT2D eigenvalue weighted by molar-refractivity contribution is 5.83. The van der Waals surface area contributed by atoms with E-state index in [2.05, 4.69) is 22.1 Å². The second-order valence-electron chi connectivity index (χ2n) is 6.19. The lowest BCUT2D eigenvalue weighted by Crippen LogP contribution is -2.35. The zero-order valence-corrected chi connectivity index (χ0v) is 14.6. The SMILES string of the molecule is CCCCCCCCCC1=NCCN1CCNCCC(=O)NO. The normalized spacial score (nSPS) is 14.2. The van der Waals surface area contributed by atoms with E-state index in [4.69, 9.17) is 5.21 Å². The van der Waals surface area contributed by atoms with Crippen LogP contribution in [0, 0.1) is 0 Å². The Morgan fingerprint density at radius 3 is 2.65 bits per heavy atom. The Kier molecular flexibility index (Phi) is 11.5. The fourth-order valence-electron chi connectivity index (χ4n) is 2.84. The van der Waals surface area contributed by atoms with Gasteiger partial charge in [-0.25, -0.2) is 5.48 Å². The Bertz CT molecular complexity index is 347. The van der Waals surface area contributed by atoms with E-state index in [0.717, 1.165) is 32.6 Å². The topological polar surface area (TPSA) is 77.0 Å². The van der Waals surface area contributed by atoms with E-state index in [1.165, 1.54) is 50.8 Å². The molecule has 0 unspecified atom stereocenters. The molecule has 0 radical (unpaired) electrons. The van der Waals surface area contributed by atoms with E-state index in [0.29, 0.717) is 13.0 Å². The van der Waals surface area contributed by atoms with Gasteiger partial charge in [-0.2, -0.15) is 0 Å². The molecule has 0 saturated carbocycles. The molecule has 0 aromatic rings. The minimum atomic E-state index is -0.347. The van der Waals surface area contributed by atoms with Gasteiger partial charge >= 0.3 is 0 Å². The Labute approximate surface area is 140 Å². The van der Waals surface area contributed by atoms with E-state index in [-0.39, 0.29) is 5.91 Å². The van der Waals surface area contributed by atoms with Gasteiger partial charge in [0, 0.05) is 39.0 Å². The first-order valence-corrected chi connectivity index (χ1v) is 9.19. The number of amides is 1. The average Bonchev–Trinajstić information content (AvgIpc) is 3.01. The van der Waals surface area contributed by atoms with Crippen LogP contribution in [0.15, 0.2) is 4.99 Å². The number of hydrogen-bond acceptors (Lipinski definition) is 5. The summed E-state index contributed by atoms with van der Waals surface area (Å²) >= 11 is 0. The number of carbonyl (C=O) groups is 1. The quantitative estimate of drug-likeness (QED) is 0.260. The third kappa shape index (κ3) is 9.56. The van der Waals surface area contributed by atoms with Crippen LogP contribution >= 0.6 is 0 Å². The van der Waals surface area contributed by atoms with Crippen LogP contribution in [0.2, 0.25) is 0 Å². The number of carbonyl (C=O) groups excluding carboxylic acids is 1. The fourth-order valence-corrected chi connectivity index (χ4v) is 2.84. The molecule has 1 aliphatic rings. The van der Waals surface area contributed by atoms with Gasteiger partial charge in [-0.1, -0.05) is 45.4 Å². The van der Waals surface area contributed by atoms with Crippen LogP contribution < -0.4 is 10.8 Å². The van der Waals surface area contributed by atoms with Crippen LogP contribution in [0.1, 0.15) is 64.7 Å². The van der Waals surface area contributed by atoms with Gasteiger partial charge in [0.15, 0.2) is 0 Å². The van der Waals surface area contributed by atoms with E-state index in [1.807, 2.05) is 0 Å². The minimum absolute atomic E-state index is 0.301. The van der Waals surface area contributed by atoms with Crippen molar-refractivity contribution in [2.75, 3.05) is 32.7 Å². The van der Waals surface area contributed by atoms with Gasteiger partial charge < -0.3 is 10.2 Å². The van der Waals surface area contributed by atoms with E-state index < -0.39 is 0 Å². The van der Waals surface area contributed by atoms with Crippen molar-refractivity contribution >= 4 is 11.7 Å². The highest BCUT2D eigenvalue weighted by atomic mass is 16.5. The molecule has 1 rings (SSSR count). The predicted molar refractivity (Wildman–Crippen MR) is 93.9 cm³/mol. The molecule has 134 valence electrons. The molecule has 23 heavy (non-hydrogen) atoms. The molecular weight excluding hydrogens is 292 g/mol. The Morgan fingerprint density at radius 1 is 1.17 bits per heavy atom. The van der Waals surface area contributed by atoms with E-state index in [9.17, 15) is 4.79 Å². The third-order valence-corrected chi connectivity index (χ3v) is 4.25. The Balaban J connectivity index is 2.01. The van der Waals surface area contributed by atoms with E-state index >= 15 is 0 Å². The number of rotatable bonds is 14. The lowest BCUT2D eigenvalue weighted by atomic mass is 10.1. The number of aliphatic imine (C=N–C) groups is 1.